The SMILES string of the molecule is CC(=O)c1cccc(NC(=O)c2cc(C)nc(C)n2)c1. The van der Waals surface area contributed by atoms with Crippen LogP contribution in [0.25, 0.3) is 0 Å². The summed E-state index contributed by atoms with van der Waals surface area (Å²) in [6.07, 6.45) is 0. The number of rotatable bonds is 3. The van der Waals surface area contributed by atoms with Crippen molar-refractivity contribution in [3.63, 3.8) is 0 Å². The number of Topliss-reactive ketones (excluding diaryl/α,β-unsaturated/α-hetero) is 1. The molecule has 0 bridgehead atoms. The Morgan fingerprint density at radius 3 is 2.50 bits per heavy atom. The molecule has 0 fully saturated rings. The summed E-state index contributed by atoms with van der Waals surface area (Å²) in [5.74, 6) is 0.182. The second-order valence-electron chi connectivity index (χ2n) is 4.53. The maximum atomic E-state index is 12.1. The summed E-state index contributed by atoms with van der Waals surface area (Å²) in [7, 11) is 0. The molecule has 1 aromatic carbocycles. The molecule has 1 heterocycles. The van der Waals surface area contributed by atoms with Gasteiger partial charge in [-0.3, -0.25) is 9.59 Å². The molecule has 20 heavy (non-hydrogen) atoms. The second kappa shape index (κ2) is 5.61. The Kier molecular flexibility index (Phi) is 3.89. The minimum atomic E-state index is -0.320. The Morgan fingerprint density at radius 1 is 1.10 bits per heavy atom. The van der Waals surface area contributed by atoms with Crippen molar-refractivity contribution < 1.29 is 9.59 Å². The highest BCUT2D eigenvalue weighted by molar-refractivity contribution is 6.04. The van der Waals surface area contributed by atoms with Gasteiger partial charge in [0, 0.05) is 16.9 Å². The number of nitrogens with zero attached hydrogens (tertiary/aromatic N) is 2. The predicted octanol–water partition coefficient (Wildman–Crippen LogP) is 2.55. The van der Waals surface area contributed by atoms with Gasteiger partial charge in [0.05, 0.1) is 0 Å². The topological polar surface area (TPSA) is 72.0 Å². The van der Waals surface area contributed by atoms with Gasteiger partial charge in [-0.05, 0) is 39.0 Å². The summed E-state index contributed by atoms with van der Waals surface area (Å²) in [6.45, 7) is 5.03. The van der Waals surface area contributed by atoms with Crippen LogP contribution in [0.4, 0.5) is 5.69 Å². The first kappa shape index (κ1) is 13.9. The van der Waals surface area contributed by atoms with Crippen LogP contribution in [0.5, 0.6) is 0 Å². The molecule has 2 aromatic rings. The lowest BCUT2D eigenvalue weighted by molar-refractivity contribution is 0.100. The molecule has 2 rings (SSSR count). The molecule has 0 spiro atoms. The fourth-order valence-electron chi connectivity index (χ4n) is 1.84. The molecule has 5 heteroatoms. The zero-order valence-electron chi connectivity index (χ0n) is 11.6. The number of carbonyl (C=O) groups is 2. The zero-order valence-corrected chi connectivity index (χ0v) is 11.6. The van der Waals surface area contributed by atoms with E-state index in [0.717, 1.165) is 5.69 Å². The second-order valence-corrected chi connectivity index (χ2v) is 4.53. The van der Waals surface area contributed by atoms with Gasteiger partial charge in [0.2, 0.25) is 0 Å². The van der Waals surface area contributed by atoms with Gasteiger partial charge in [-0.25, -0.2) is 9.97 Å². The Morgan fingerprint density at radius 2 is 1.85 bits per heavy atom. The lowest BCUT2D eigenvalue weighted by Gasteiger charge is -2.07. The quantitative estimate of drug-likeness (QED) is 0.869. The van der Waals surface area contributed by atoms with Crippen LogP contribution in [0.3, 0.4) is 0 Å². The van der Waals surface area contributed by atoms with E-state index in [4.69, 9.17) is 0 Å². The van der Waals surface area contributed by atoms with Gasteiger partial charge in [-0.1, -0.05) is 12.1 Å². The Balaban J connectivity index is 2.23. The number of amides is 1. The molecule has 0 aliphatic heterocycles. The van der Waals surface area contributed by atoms with E-state index in [1.165, 1.54) is 6.92 Å². The van der Waals surface area contributed by atoms with E-state index in [0.29, 0.717) is 22.8 Å². The number of ketones is 1. The average Bonchev–Trinajstić information content (AvgIpc) is 2.37. The Labute approximate surface area is 117 Å². The highest BCUT2D eigenvalue weighted by Gasteiger charge is 2.10. The van der Waals surface area contributed by atoms with Crippen molar-refractivity contribution in [2.75, 3.05) is 5.32 Å². The minimum absolute atomic E-state index is 0.0465. The van der Waals surface area contributed by atoms with Crippen molar-refractivity contribution in [1.82, 2.24) is 9.97 Å². The number of anilines is 1. The molecule has 1 N–H and O–H groups in total. The number of hydrogen-bond donors (Lipinski definition) is 1. The molecular weight excluding hydrogens is 254 g/mol. The van der Waals surface area contributed by atoms with Crippen LogP contribution in [0.1, 0.15) is 39.3 Å². The molecule has 0 radical (unpaired) electrons. The van der Waals surface area contributed by atoms with Crippen molar-refractivity contribution in [3.05, 3.63) is 53.1 Å². The van der Waals surface area contributed by atoms with E-state index >= 15 is 0 Å². The molecule has 1 aromatic heterocycles. The van der Waals surface area contributed by atoms with Gasteiger partial charge in [-0.15, -0.1) is 0 Å². The molecule has 0 aliphatic rings. The van der Waals surface area contributed by atoms with Crippen molar-refractivity contribution in [2.24, 2.45) is 0 Å². The van der Waals surface area contributed by atoms with Gasteiger partial charge < -0.3 is 5.32 Å². The number of aryl methyl sites for hydroxylation is 2. The first-order valence-corrected chi connectivity index (χ1v) is 6.20. The Hall–Kier alpha value is -2.56. The number of benzene rings is 1. The molecular formula is C15H15N3O2. The number of aromatic nitrogens is 2. The van der Waals surface area contributed by atoms with E-state index in [1.54, 1.807) is 37.3 Å². The molecule has 0 saturated carbocycles. The summed E-state index contributed by atoms with van der Waals surface area (Å²) in [5, 5.41) is 2.73. The smallest absolute Gasteiger partial charge is 0.274 e. The molecule has 0 saturated heterocycles. The lowest BCUT2D eigenvalue weighted by atomic mass is 10.1. The van der Waals surface area contributed by atoms with Crippen LogP contribution in [-0.4, -0.2) is 21.7 Å². The van der Waals surface area contributed by atoms with Crippen LogP contribution < -0.4 is 5.32 Å². The number of hydrogen-bond acceptors (Lipinski definition) is 4. The van der Waals surface area contributed by atoms with Gasteiger partial charge in [-0.2, -0.15) is 0 Å². The fraction of sp³-hybridized carbons (Fsp3) is 0.200. The van der Waals surface area contributed by atoms with Crippen LogP contribution in [0, 0.1) is 13.8 Å². The molecule has 0 unspecified atom stereocenters. The predicted molar refractivity (Wildman–Crippen MR) is 75.9 cm³/mol. The van der Waals surface area contributed by atoms with Crippen LogP contribution in [-0.2, 0) is 0 Å². The summed E-state index contributed by atoms with van der Waals surface area (Å²) in [6, 6.07) is 8.42. The van der Waals surface area contributed by atoms with Gasteiger partial charge in [0.15, 0.2) is 5.78 Å². The maximum Gasteiger partial charge on any atom is 0.274 e. The largest absolute Gasteiger partial charge is 0.321 e. The first-order valence-electron chi connectivity index (χ1n) is 6.20. The fourth-order valence-corrected chi connectivity index (χ4v) is 1.84. The summed E-state index contributed by atoms with van der Waals surface area (Å²) in [4.78, 5) is 31.6. The van der Waals surface area contributed by atoms with E-state index in [2.05, 4.69) is 15.3 Å². The van der Waals surface area contributed by atoms with Gasteiger partial charge >= 0.3 is 0 Å². The van der Waals surface area contributed by atoms with Crippen molar-refractivity contribution in [3.8, 4) is 0 Å². The highest BCUT2D eigenvalue weighted by Crippen LogP contribution is 2.12. The van der Waals surface area contributed by atoms with Crippen LogP contribution in [0.15, 0.2) is 30.3 Å². The summed E-state index contributed by atoms with van der Waals surface area (Å²) < 4.78 is 0. The zero-order chi connectivity index (χ0) is 14.7. The average molecular weight is 269 g/mol. The van der Waals surface area contributed by atoms with E-state index in [-0.39, 0.29) is 11.7 Å². The molecule has 0 atom stereocenters. The van der Waals surface area contributed by atoms with Crippen LogP contribution in [0.2, 0.25) is 0 Å². The van der Waals surface area contributed by atoms with Crippen molar-refractivity contribution in [2.45, 2.75) is 20.8 Å². The molecule has 1 amide bonds. The van der Waals surface area contributed by atoms with Gasteiger partial charge in [0.25, 0.3) is 5.91 Å². The molecule has 5 nitrogen and oxygen atoms in total. The van der Waals surface area contributed by atoms with E-state index < -0.39 is 0 Å². The monoisotopic (exact) mass is 269 g/mol. The third-order valence-corrected chi connectivity index (χ3v) is 2.73. The molecule has 102 valence electrons. The summed E-state index contributed by atoms with van der Waals surface area (Å²) >= 11 is 0. The standard InChI is InChI=1S/C15H15N3O2/c1-9-7-14(17-11(3)16-9)15(20)18-13-6-4-5-12(8-13)10(2)19/h4-8H,1-3H3,(H,18,20). The summed E-state index contributed by atoms with van der Waals surface area (Å²) in [5.41, 5.74) is 2.16. The minimum Gasteiger partial charge on any atom is -0.321 e. The number of carbonyl (C=O) groups excluding carboxylic acids is 2. The molecule has 0 aliphatic carbocycles. The highest BCUT2D eigenvalue weighted by atomic mass is 16.2. The number of nitrogens with one attached hydrogen (secondary N) is 1. The van der Waals surface area contributed by atoms with E-state index in [9.17, 15) is 9.59 Å². The third-order valence-electron chi connectivity index (χ3n) is 2.73. The van der Waals surface area contributed by atoms with Crippen molar-refractivity contribution >= 4 is 17.4 Å². The van der Waals surface area contributed by atoms with Crippen LogP contribution >= 0.6 is 0 Å². The van der Waals surface area contributed by atoms with Crippen molar-refractivity contribution in [1.29, 1.82) is 0 Å². The maximum absolute atomic E-state index is 12.1. The normalized spacial score (nSPS) is 10.2. The van der Waals surface area contributed by atoms with Gasteiger partial charge in [0.1, 0.15) is 11.5 Å². The Bertz CT molecular complexity index is 660. The first-order chi connectivity index (χ1) is 9.45. The third kappa shape index (κ3) is 3.26. The lowest BCUT2D eigenvalue weighted by Crippen LogP contribution is -2.15. The van der Waals surface area contributed by atoms with E-state index in [1.807, 2.05) is 6.92 Å².